The van der Waals surface area contributed by atoms with E-state index in [0.717, 1.165) is 38.5 Å². The minimum absolute atomic E-state index is 0.451. The molecular formula is C34H68O2. The van der Waals surface area contributed by atoms with E-state index in [1.54, 1.807) is 0 Å². The van der Waals surface area contributed by atoms with Gasteiger partial charge in [0.1, 0.15) is 0 Å². The lowest BCUT2D eigenvalue weighted by molar-refractivity contribution is -0.150. The molecule has 1 N–H and O–H groups in total. The summed E-state index contributed by atoms with van der Waals surface area (Å²) in [6, 6.07) is 0. The minimum Gasteiger partial charge on any atom is -0.481 e. The average Bonchev–Trinajstić information content (AvgIpc) is 2.87. The van der Waals surface area contributed by atoms with Crippen LogP contribution in [0, 0.1) is 5.41 Å². The monoisotopic (exact) mass is 509 g/mol. The van der Waals surface area contributed by atoms with Crippen LogP contribution < -0.4 is 0 Å². The van der Waals surface area contributed by atoms with Crippen molar-refractivity contribution in [3.63, 3.8) is 0 Å². The summed E-state index contributed by atoms with van der Waals surface area (Å²) in [5.41, 5.74) is -0.451. The van der Waals surface area contributed by atoms with Crippen molar-refractivity contribution in [2.24, 2.45) is 5.41 Å². The fourth-order valence-corrected chi connectivity index (χ4v) is 5.84. The second-order valence-electron chi connectivity index (χ2n) is 12.0. The molecule has 0 spiro atoms. The van der Waals surface area contributed by atoms with E-state index >= 15 is 0 Å². The van der Waals surface area contributed by atoms with Gasteiger partial charge in [0.15, 0.2) is 0 Å². The fourth-order valence-electron chi connectivity index (χ4n) is 5.84. The highest BCUT2D eigenvalue weighted by molar-refractivity contribution is 5.74. The lowest BCUT2D eigenvalue weighted by Gasteiger charge is -2.30. The van der Waals surface area contributed by atoms with Crippen molar-refractivity contribution in [1.29, 1.82) is 0 Å². The Balaban J connectivity index is 4.13. The number of hydrogen-bond donors (Lipinski definition) is 1. The molecule has 0 fully saturated rings. The summed E-state index contributed by atoms with van der Waals surface area (Å²) >= 11 is 0. The maximum Gasteiger partial charge on any atom is 0.309 e. The van der Waals surface area contributed by atoms with Crippen LogP contribution in [0.1, 0.15) is 207 Å². The number of carbonyl (C=O) groups is 1. The van der Waals surface area contributed by atoms with E-state index in [2.05, 4.69) is 20.8 Å². The van der Waals surface area contributed by atoms with E-state index < -0.39 is 11.4 Å². The molecule has 1 unspecified atom stereocenters. The van der Waals surface area contributed by atoms with Gasteiger partial charge in [0.2, 0.25) is 0 Å². The molecule has 0 radical (unpaired) electrons. The van der Waals surface area contributed by atoms with Gasteiger partial charge >= 0.3 is 5.97 Å². The number of rotatable bonds is 30. The predicted octanol–water partition coefficient (Wildman–Crippen LogP) is 12.4. The Hall–Kier alpha value is -0.530. The Morgan fingerprint density at radius 2 is 0.583 bits per heavy atom. The van der Waals surface area contributed by atoms with Crippen LogP contribution in [-0.4, -0.2) is 11.1 Å². The molecule has 0 aromatic carbocycles. The number of hydrogen-bond acceptors (Lipinski definition) is 1. The standard InChI is InChI=1S/C34H68O2/c1-4-7-10-13-15-17-18-19-20-21-22-24-26-29-32-34(33(35)36,30-27-12-9-6-3)31-28-25-23-16-14-11-8-5-2/h4-32H2,1-3H3,(H,35,36). The zero-order chi connectivity index (χ0) is 26.6. The highest BCUT2D eigenvalue weighted by Gasteiger charge is 2.36. The van der Waals surface area contributed by atoms with Crippen molar-refractivity contribution in [2.75, 3.05) is 0 Å². The third-order valence-electron chi connectivity index (χ3n) is 8.48. The van der Waals surface area contributed by atoms with Crippen LogP contribution in [0.3, 0.4) is 0 Å². The third kappa shape index (κ3) is 21.5. The van der Waals surface area contributed by atoms with E-state index in [-0.39, 0.29) is 0 Å². The van der Waals surface area contributed by atoms with E-state index in [1.165, 1.54) is 148 Å². The average molecular weight is 509 g/mol. The molecule has 1 atom stereocenters. The fraction of sp³-hybridized carbons (Fsp3) is 0.971. The summed E-state index contributed by atoms with van der Waals surface area (Å²) in [4.78, 5) is 12.5. The second-order valence-corrected chi connectivity index (χ2v) is 12.0. The molecule has 0 aliphatic heterocycles. The van der Waals surface area contributed by atoms with Crippen LogP contribution in [0.4, 0.5) is 0 Å². The normalized spacial score (nSPS) is 13.2. The molecule has 0 aliphatic carbocycles. The minimum atomic E-state index is -0.503. The summed E-state index contributed by atoms with van der Waals surface area (Å²) in [5, 5.41) is 10.3. The molecule has 0 saturated carbocycles. The van der Waals surface area contributed by atoms with E-state index in [1.807, 2.05) is 0 Å². The molecule has 0 aromatic rings. The van der Waals surface area contributed by atoms with Crippen molar-refractivity contribution >= 4 is 5.97 Å². The molecule has 0 bridgehead atoms. The second kappa shape index (κ2) is 27.5. The maximum atomic E-state index is 12.5. The summed E-state index contributed by atoms with van der Waals surface area (Å²) < 4.78 is 0. The molecular weight excluding hydrogens is 440 g/mol. The van der Waals surface area contributed by atoms with Gasteiger partial charge in [-0.15, -0.1) is 0 Å². The Morgan fingerprint density at radius 1 is 0.389 bits per heavy atom. The molecule has 0 heterocycles. The van der Waals surface area contributed by atoms with Gasteiger partial charge in [-0.05, 0) is 19.3 Å². The maximum absolute atomic E-state index is 12.5. The first-order chi connectivity index (χ1) is 17.6. The van der Waals surface area contributed by atoms with Gasteiger partial charge < -0.3 is 5.11 Å². The van der Waals surface area contributed by atoms with E-state index in [0.29, 0.717) is 0 Å². The van der Waals surface area contributed by atoms with Crippen LogP contribution in [0.2, 0.25) is 0 Å². The van der Waals surface area contributed by atoms with Crippen LogP contribution in [0.5, 0.6) is 0 Å². The first kappa shape index (κ1) is 35.5. The zero-order valence-electron chi connectivity index (χ0n) is 25.4. The molecule has 2 heteroatoms. The first-order valence-corrected chi connectivity index (χ1v) is 16.9. The van der Waals surface area contributed by atoms with Crippen LogP contribution in [0.15, 0.2) is 0 Å². The molecule has 0 saturated heterocycles. The molecule has 0 aliphatic rings. The molecule has 36 heavy (non-hydrogen) atoms. The third-order valence-corrected chi connectivity index (χ3v) is 8.48. The van der Waals surface area contributed by atoms with Crippen molar-refractivity contribution in [2.45, 2.75) is 207 Å². The van der Waals surface area contributed by atoms with E-state index in [4.69, 9.17) is 0 Å². The predicted molar refractivity (Wildman–Crippen MR) is 161 cm³/mol. The number of carboxylic acid groups (broad SMARTS) is 1. The van der Waals surface area contributed by atoms with Crippen LogP contribution in [-0.2, 0) is 4.79 Å². The molecule has 0 rings (SSSR count). The van der Waals surface area contributed by atoms with Crippen molar-refractivity contribution < 1.29 is 9.90 Å². The molecule has 0 aromatic heterocycles. The SMILES string of the molecule is CCCCCCCCCCCCCCCCC(CCCCCC)(CCCCCCCCCC)C(=O)O. The molecule has 0 amide bonds. The highest BCUT2D eigenvalue weighted by atomic mass is 16.4. The van der Waals surface area contributed by atoms with Gasteiger partial charge in [0.05, 0.1) is 5.41 Å². The number of aliphatic carboxylic acids is 1. The number of carboxylic acids is 1. The Bertz CT molecular complexity index is 446. The summed E-state index contributed by atoms with van der Waals surface area (Å²) in [7, 11) is 0. The Kier molecular flexibility index (Phi) is 27.1. The van der Waals surface area contributed by atoms with E-state index in [9.17, 15) is 9.90 Å². The van der Waals surface area contributed by atoms with Gasteiger partial charge in [-0.25, -0.2) is 0 Å². The van der Waals surface area contributed by atoms with Crippen LogP contribution >= 0.6 is 0 Å². The number of unbranched alkanes of at least 4 members (excludes halogenated alkanes) is 23. The zero-order valence-corrected chi connectivity index (χ0v) is 25.4. The summed E-state index contributed by atoms with van der Waals surface area (Å²) in [6.45, 7) is 6.79. The van der Waals surface area contributed by atoms with Gasteiger partial charge in [-0.1, -0.05) is 188 Å². The highest BCUT2D eigenvalue weighted by Crippen LogP contribution is 2.38. The van der Waals surface area contributed by atoms with Crippen molar-refractivity contribution in [3.05, 3.63) is 0 Å². The molecule has 2 nitrogen and oxygen atoms in total. The van der Waals surface area contributed by atoms with Crippen molar-refractivity contribution in [3.8, 4) is 0 Å². The lowest BCUT2D eigenvalue weighted by atomic mass is 9.74. The summed E-state index contributed by atoms with van der Waals surface area (Å²) in [6.07, 6.45) is 36.8. The topological polar surface area (TPSA) is 37.3 Å². The Labute approximate surface area is 228 Å². The first-order valence-electron chi connectivity index (χ1n) is 16.9. The lowest BCUT2D eigenvalue weighted by Crippen LogP contribution is -2.31. The summed E-state index contributed by atoms with van der Waals surface area (Å²) in [5.74, 6) is -0.503. The quantitative estimate of drug-likeness (QED) is 0.0979. The van der Waals surface area contributed by atoms with Crippen LogP contribution in [0.25, 0.3) is 0 Å². The van der Waals surface area contributed by atoms with Gasteiger partial charge in [0.25, 0.3) is 0 Å². The van der Waals surface area contributed by atoms with Gasteiger partial charge in [0, 0.05) is 0 Å². The van der Waals surface area contributed by atoms with Gasteiger partial charge in [-0.2, -0.15) is 0 Å². The van der Waals surface area contributed by atoms with Crippen molar-refractivity contribution in [1.82, 2.24) is 0 Å². The molecule has 216 valence electrons. The smallest absolute Gasteiger partial charge is 0.309 e. The Morgan fingerprint density at radius 3 is 0.806 bits per heavy atom. The van der Waals surface area contributed by atoms with Gasteiger partial charge in [-0.3, -0.25) is 4.79 Å². The largest absolute Gasteiger partial charge is 0.481 e.